The van der Waals surface area contributed by atoms with Crippen molar-refractivity contribution >= 4 is 5.95 Å². The van der Waals surface area contributed by atoms with Crippen molar-refractivity contribution in [3.63, 3.8) is 0 Å². The Bertz CT molecular complexity index is 638. The Labute approximate surface area is 142 Å². The number of fused-ring (bicyclic) bond motifs is 1. The Morgan fingerprint density at radius 3 is 2.71 bits per heavy atom. The monoisotopic (exact) mass is 325 g/mol. The largest absolute Gasteiger partial charge is 0.375 e. The molecule has 0 amide bonds. The zero-order valence-corrected chi connectivity index (χ0v) is 13.8. The van der Waals surface area contributed by atoms with Crippen molar-refractivity contribution in [1.82, 2.24) is 19.9 Å². The summed E-state index contributed by atoms with van der Waals surface area (Å²) in [5.74, 6) is 1.40. The van der Waals surface area contributed by atoms with Crippen molar-refractivity contribution in [2.75, 3.05) is 37.7 Å². The summed E-state index contributed by atoms with van der Waals surface area (Å²) in [4.78, 5) is 17.6. The lowest BCUT2D eigenvalue weighted by Gasteiger charge is -2.38. The lowest BCUT2D eigenvalue weighted by Crippen LogP contribution is -2.47. The molecule has 0 spiro atoms. The number of hydrogen-bond acceptors (Lipinski definition) is 6. The first-order valence-corrected chi connectivity index (χ1v) is 8.63. The molecule has 2 aliphatic heterocycles. The van der Waals surface area contributed by atoms with Crippen LogP contribution < -0.4 is 4.90 Å². The summed E-state index contributed by atoms with van der Waals surface area (Å²) < 4.78 is 6.18. The summed E-state index contributed by atoms with van der Waals surface area (Å²) in [6.45, 7) is 5.72. The van der Waals surface area contributed by atoms with E-state index in [4.69, 9.17) is 4.74 Å². The van der Waals surface area contributed by atoms with Crippen LogP contribution in [0.2, 0.25) is 0 Å². The maximum absolute atomic E-state index is 6.18. The predicted molar refractivity (Wildman–Crippen MR) is 91.6 cm³/mol. The number of pyridine rings is 1. The number of hydrogen-bond donors (Lipinski definition) is 0. The first kappa shape index (κ1) is 15.5. The van der Waals surface area contributed by atoms with Crippen LogP contribution in [0, 0.1) is 5.92 Å². The Morgan fingerprint density at radius 2 is 1.88 bits per heavy atom. The molecule has 2 aromatic rings. The predicted octanol–water partition coefficient (Wildman–Crippen LogP) is 1.60. The highest BCUT2D eigenvalue weighted by Crippen LogP contribution is 2.26. The first-order chi connectivity index (χ1) is 11.9. The van der Waals surface area contributed by atoms with Crippen LogP contribution in [0.15, 0.2) is 43.0 Å². The molecule has 4 rings (SSSR count). The molecule has 0 aliphatic carbocycles. The van der Waals surface area contributed by atoms with Gasteiger partial charge in [0.25, 0.3) is 0 Å². The molecule has 0 aromatic carbocycles. The molecule has 2 fully saturated rings. The fourth-order valence-corrected chi connectivity index (χ4v) is 3.65. The third-order valence-electron chi connectivity index (χ3n) is 4.92. The summed E-state index contributed by atoms with van der Waals surface area (Å²) >= 11 is 0. The van der Waals surface area contributed by atoms with Crippen molar-refractivity contribution in [2.24, 2.45) is 5.92 Å². The van der Waals surface area contributed by atoms with E-state index in [1.165, 1.54) is 5.56 Å². The molecular weight excluding hydrogens is 302 g/mol. The van der Waals surface area contributed by atoms with E-state index < -0.39 is 0 Å². The van der Waals surface area contributed by atoms with Gasteiger partial charge in [-0.2, -0.15) is 0 Å². The van der Waals surface area contributed by atoms with Gasteiger partial charge in [0.2, 0.25) is 5.95 Å². The Kier molecular flexibility index (Phi) is 4.66. The van der Waals surface area contributed by atoms with Gasteiger partial charge in [-0.15, -0.1) is 0 Å². The van der Waals surface area contributed by atoms with E-state index in [2.05, 4.69) is 36.9 Å². The van der Waals surface area contributed by atoms with E-state index in [0.717, 1.165) is 51.7 Å². The molecule has 2 atom stereocenters. The lowest BCUT2D eigenvalue weighted by atomic mass is 9.93. The molecule has 2 aromatic heterocycles. The SMILES string of the molecule is c1cnc(N2CC[C@@H]3CN(Cc4ccncc4)CCO[C@@H]3C2)nc1. The van der Waals surface area contributed by atoms with Gasteiger partial charge >= 0.3 is 0 Å². The summed E-state index contributed by atoms with van der Waals surface area (Å²) in [6.07, 6.45) is 8.73. The van der Waals surface area contributed by atoms with Crippen molar-refractivity contribution in [2.45, 2.75) is 19.1 Å². The van der Waals surface area contributed by atoms with E-state index in [1.807, 2.05) is 18.5 Å². The minimum Gasteiger partial charge on any atom is -0.375 e. The summed E-state index contributed by atoms with van der Waals surface area (Å²) in [7, 11) is 0. The minimum atomic E-state index is 0.269. The normalized spacial score (nSPS) is 25.1. The fourth-order valence-electron chi connectivity index (χ4n) is 3.65. The molecule has 0 N–H and O–H groups in total. The molecular formula is C18H23N5O. The van der Waals surface area contributed by atoms with Gasteiger partial charge in [-0.25, -0.2) is 9.97 Å². The Hall–Kier alpha value is -2.05. The molecule has 24 heavy (non-hydrogen) atoms. The van der Waals surface area contributed by atoms with Gasteiger partial charge in [-0.3, -0.25) is 9.88 Å². The van der Waals surface area contributed by atoms with Crippen LogP contribution in [0.25, 0.3) is 0 Å². The maximum atomic E-state index is 6.18. The van der Waals surface area contributed by atoms with Gasteiger partial charge in [0.1, 0.15) is 0 Å². The molecule has 6 nitrogen and oxygen atoms in total. The van der Waals surface area contributed by atoms with Gasteiger partial charge in [-0.1, -0.05) is 0 Å². The zero-order chi connectivity index (χ0) is 16.2. The van der Waals surface area contributed by atoms with Crippen LogP contribution in [0.4, 0.5) is 5.95 Å². The molecule has 0 radical (unpaired) electrons. The van der Waals surface area contributed by atoms with Gasteiger partial charge in [0.15, 0.2) is 0 Å². The second-order valence-electron chi connectivity index (χ2n) is 6.54. The lowest BCUT2D eigenvalue weighted by molar-refractivity contribution is 0.0249. The van der Waals surface area contributed by atoms with E-state index in [9.17, 15) is 0 Å². The number of anilines is 1. The van der Waals surface area contributed by atoms with Gasteiger partial charge in [0.05, 0.1) is 12.7 Å². The van der Waals surface area contributed by atoms with Crippen molar-refractivity contribution in [1.29, 1.82) is 0 Å². The van der Waals surface area contributed by atoms with Crippen LogP contribution in [0.3, 0.4) is 0 Å². The smallest absolute Gasteiger partial charge is 0.225 e. The van der Waals surface area contributed by atoms with Crippen molar-refractivity contribution < 1.29 is 4.74 Å². The van der Waals surface area contributed by atoms with Crippen LogP contribution in [-0.4, -0.2) is 58.7 Å². The average Bonchev–Trinajstić information content (AvgIpc) is 2.84. The number of ether oxygens (including phenoxy) is 1. The summed E-state index contributed by atoms with van der Waals surface area (Å²) in [6, 6.07) is 6.05. The minimum absolute atomic E-state index is 0.269. The Balaban J connectivity index is 1.39. The zero-order valence-electron chi connectivity index (χ0n) is 13.8. The third-order valence-corrected chi connectivity index (χ3v) is 4.92. The molecule has 4 heterocycles. The van der Waals surface area contributed by atoms with Crippen LogP contribution in [0.1, 0.15) is 12.0 Å². The first-order valence-electron chi connectivity index (χ1n) is 8.63. The Morgan fingerprint density at radius 1 is 1.04 bits per heavy atom. The highest BCUT2D eigenvalue weighted by Gasteiger charge is 2.34. The molecule has 0 unspecified atom stereocenters. The van der Waals surface area contributed by atoms with Crippen molar-refractivity contribution in [3.8, 4) is 0 Å². The van der Waals surface area contributed by atoms with E-state index >= 15 is 0 Å². The quantitative estimate of drug-likeness (QED) is 0.854. The average molecular weight is 325 g/mol. The maximum Gasteiger partial charge on any atom is 0.225 e. The van der Waals surface area contributed by atoms with Crippen LogP contribution in [0.5, 0.6) is 0 Å². The highest BCUT2D eigenvalue weighted by molar-refractivity contribution is 5.29. The standard InChI is InChI=1S/C18H23N5O/c1-5-20-18(21-6-1)23-9-4-16-13-22(10-11-24-17(16)14-23)12-15-2-7-19-8-3-15/h1-3,5-8,16-17H,4,9-14H2/t16-,17-/m1/s1. The fraction of sp³-hybridized carbons (Fsp3) is 0.500. The molecule has 2 aliphatic rings. The number of aromatic nitrogens is 3. The van der Waals surface area contributed by atoms with E-state index in [1.54, 1.807) is 12.4 Å². The molecule has 126 valence electrons. The summed E-state index contributed by atoms with van der Waals surface area (Å²) in [5.41, 5.74) is 1.32. The van der Waals surface area contributed by atoms with Crippen LogP contribution in [-0.2, 0) is 11.3 Å². The topological polar surface area (TPSA) is 54.4 Å². The van der Waals surface area contributed by atoms with Crippen molar-refractivity contribution in [3.05, 3.63) is 48.5 Å². The second-order valence-corrected chi connectivity index (χ2v) is 6.54. The van der Waals surface area contributed by atoms with Crippen LogP contribution >= 0.6 is 0 Å². The second kappa shape index (κ2) is 7.23. The number of rotatable bonds is 3. The number of piperidine rings is 1. The number of nitrogens with zero attached hydrogens (tertiary/aromatic N) is 5. The summed E-state index contributed by atoms with van der Waals surface area (Å²) in [5, 5.41) is 0. The van der Waals surface area contributed by atoms with E-state index in [0.29, 0.717) is 5.92 Å². The molecule has 0 saturated carbocycles. The van der Waals surface area contributed by atoms with Gasteiger partial charge < -0.3 is 9.64 Å². The molecule has 0 bridgehead atoms. The van der Waals surface area contributed by atoms with Gasteiger partial charge in [-0.05, 0) is 30.2 Å². The molecule has 6 heteroatoms. The third kappa shape index (κ3) is 3.55. The highest BCUT2D eigenvalue weighted by atomic mass is 16.5. The molecule has 2 saturated heterocycles. The van der Waals surface area contributed by atoms with E-state index in [-0.39, 0.29) is 6.10 Å². The van der Waals surface area contributed by atoms with Gasteiger partial charge in [0, 0.05) is 63.4 Å².